The fourth-order valence-electron chi connectivity index (χ4n) is 1.86. The highest BCUT2D eigenvalue weighted by Gasteiger charge is 2.22. The van der Waals surface area contributed by atoms with Gasteiger partial charge in [-0.2, -0.15) is 0 Å². The molecule has 4 nitrogen and oxygen atoms in total. The van der Waals surface area contributed by atoms with Crippen molar-refractivity contribution < 1.29 is 9.90 Å². The Balaban J connectivity index is 2.48. The maximum atomic E-state index is 11.9. The molecule has 0 bridgehead atoms. The van der Waals surface area contributed by atoms with E-state index in [9.17, 15) is 9.90 Å². The zero-order valence-corrected chi connectivity index (χ0v) is 12.9. The van der Waals surface area contributed by atoms with E-state index < -0.39 is 5.54 Å². The van der Waals surface area contributed by atoms with Gasteiger partial charge in [-0.05, 0) is 37.5 Å². The molecule has 20 heavy (non-hydrogen) atoms. The third-order valence-corrected chi connectivity index (χ3v) is 3.66. The number of aliphatic hydroxyl groups excluding tert-OH is 1. The Kier molecular flexibility index (Phi) is 6.02. The van der Waals surface area contributed by atoms with Crippen molar-refractivity contribution in [2.75, 3.05) is 25.6 Å². The van der Waals surface area contributed by atoms with Gasteiger partial charge in [-0.1, -0.05) is 19.1 Å². The molecule has 0 saturated heterocycles. The van der Waals surface area contributed by atoms with Crippen LogP contribution in [0.3, 0.4) is 0 Å². The van der Waals surface area contributed by atoms with Crippen LogP contribution in [0, 0.1) is 0 Å². The zero-order chi connectivity index (χ0) is 15.2. The molecule has 4 heteroatoms. The smallest absolute Gasteiger partial charge is 0.220 e. The molecule has 0 fully saturated rings. The van der Waals surface area contributed by atoms with Crippen LogP contribution in [0.25, 0.3) is 0 Å². The number of rotatable bonds is 7. The van der Waals surface area contributed by atoms with Crippen molar-refractivity contribution in [2.24, 2.45) is 0 Å². The van der Waals surface area contributed by atoms with Gasteiger partial charge >= 0.3 is 0 Å². The van der Waals surface area contributed by atoms with Crippen LogP contribution in [0.1, 0.15) is 32.3 Å². The molecule has 1 aromatic rings. The summed E-state index contributed by atoms with van der Waals surface area (Å²) in [6.45, 7) is 3.78. The Morgan fingerprint density at radius 3 is 2.35 bits per heavy atom. The van der Waals surface area contributed by atoms with Crippen molar-refractivity contribution in [3.63, 3.8) is 0 Å². The molecule has 112 valence electrons. The van der Waals surface area contributed by atoms with E-state index in [1.165, 1.54) is 0 Å². The van der Waals surface area contributed by atoms with Crippen molar-refractivity contribution in [2.45, 2.75) is 38.6 Å². The Morgan fingerprint density at radius 1 is 1.30 bits per heavy atom. The number of nitrogens with one attached hydrogen (secondary N) is 1. The van der Waals surface area contributed by atoms with Gasteiger partial charge < -0.3 is 15.3 Å². The standard InChI is InChI=1S/C16H26N2O2/c1-5-16(2,12-19)17-15(20)11-8-13-6-9-14(10-7-13)18(3)4/h6-7,9-10,19H,5,8,11-12H2,1-4H3,(H,17,20). The largest absolute Gasteiger partial charge is 0.394 e. The molecule has 0 spiro atoms. The molecule has 1 amide bonds. The van der Waals surface area contributed by atoms with Crippen molar-refractivity contribution in [3.05, 3.63) is 29.8 Å². The molecule has 2 N–H and O–H groups in total. The second-order valence-electron chi connectivity index (χ2n) is 5.68. The lowest BCUT2D eigenvalue weighted by Gasteiger charge is -2.27. The summed E-state index contributed by atoms with van der Waals surface area (Å²) in [6.07, 6.45) is 1.87. The first-order chi connectivity index (χ1) is 9.40. The van der Waals surface area contributed by atoms with Gasteiger partial charge in [0, 0.05) is 26.2 Å². The van der Waals surface area contributed by atoms with Crippen LogP contribution in [0.4, 0.5) is 5.69 Å². The Hall–Kier alpha value is -1.55. The highest BCUT2D eigenvalue weighted by Crippen LogP contribution is 2.14. The minimum atomic E-state index is -0.508. The lowest BCUT2D eigenvalue weighted by Crippen LogP contribution is -2.48. The zero-order valence-electron chi connectivity index (χ0n) is 12.9. The topological polar surface area (TPSA) is 52.6 Å². The van der Waals surface area contributed by atoms with E-state index in [2.05, 4.69) is 17.4 Å². The van der Waals surface area contributed by atoms with Gasteiger partial charge in [-0.25, -0.2) is 0 Å². The molecular formula is C16H26N2O2. The predicted molar refractivity (Wildman–Crippen MR) is 83.0 cm³/mol. The lowest BCUT2D eigenvalue weighted by atomic mass is 9.99. The molecule has 1 rings (SSSR count). The van der Waals surface area contributed by atoms with Gasteiger partial charge in [0.25, 0.3) is 0 Å². The van der Waals surface area contributed by atoms with Crippen LogP contribution in [0.5, 0.6) is 0 Å². The monoisotopic (exact) mass is 278 g/mol. The van der Waals surface area contributed by atoms with Crippen molar-refractivity contribution in [3.8, 4) is 0 Å². The third kappa shape index (κ3) is 4.85. The fourth-order valence-corrected chi connectivity index (χ4v) is 1.86. The second-order valence-corrected chi connectivity index (χ2v) is 5.68. The molecule has 1 unspecified atom stereocenters. The number of benzene rings is 1. The maximum absolute atomic E-state index is 11.9. The highest BCUT2D eigenvalue weighted by atomic mass is 16.3. The van der Waals surface area contributed by atoms with Crippen LogP contribution in [0.2, 0.25) is 0 Å². The molecule has 0 aromatic heterocycles. The van der Waals surface area contributed by atoms with Crippen LogP contribution in [-0.4, -0.2) is 37.3 Å². The van der Waals surface area contributed by atoms with Crippen molar-refractivity contribution >= 4 is 11.6 Å². The molecule has 0 heterocycles. The van der Waals surface area contributed by atoms with Gasteiger partial charge in [0.1, 0.15) is 0 Å². The van der Waals surface area contributed by atoms with Gasteiger partial charge in [0.15, 0.2) is 0 Å². The van der Waals surface area contributed by atoms with Crippen LogP contribution in [0.15, 0.2) is 24.3 Å². The first kappa shape index (κ1) is 16.5. The third-order valence-electron chi connectivity index (χ3n) is 3.66. The van der Waals surface area contributed by atoms with E-state index in [0.717, 1.165) is 11.3 Å². The van der Waals surface area contributed by atoms with Gasteiger partial charge in [-0.15, -0.1) is 0 Å². The molecule has 1 atom stereocenters. The quantitative estimate of drug-likeness (QED) is 0.801. The number of carbonyl (C=O) groups excluding carboxylic acids is 1. The second kappa shape index (κ2) is 7.29. The van der Waals surface area contributed by atoms with E-state index in [1.54, 1.807) is 0 Å². The molecule has 0 aliphatic heterocycles. The number of amides is 1. The summed E-state index contributed by atoms with van der Waals surface area (Å²) >= 11 is 0. The number of carbonyl (C=O) groups is 1. The number of nitrogens with zero attached hydrogens (tertiary/aromatic N) is 1. The minimum absolute atomic E-state index is 0.0138. The summed E-state index contributed by atoms with van der Waals surface area (Å²) in [5.41, 5.74) is 1.79. The van der Waals surface area contributed by atoms with Gasteiger partial charge in [0.05, 0.1) is 12.1 Å². The lowest BCUT2D eigenvalue weighted by molar-refractivity contribution is -0.123. The minimum Gasteiger partial charge on any atom is -0.394 e. The van der Waals surface area contributed by atoms with E-state index in [1.807, 2.05) is 45.0 Å². The summed E-state index contributed by atoms with van der Waals surface area (Å²) in [7, 11) is 4.01. The van der Waals surface area contributed by atoms with E-state index in [-0.39, 0.29) is 12.5 Å². The van der Waals surface area contributed by atoms with Gasteiger partial charge in [-0.3, -0.25) is 4.79 Å². The van der Waals surface area contributed by atoms with Crippen LogP contribution in [-0.2, 0) is 11.2 Å². The summed E-state index contributed by atoms with van der Waals surface area (Å²) in [4.78, 5) is 13.9. The molecule has 0 aliphatic carbocycles. The number of anilines is 1. The van der Waals surface area contributed by atoms with Gasteiger partial charge in [0.2, 0.25) is 5.91 Å². The number of aliphatic hydroxyl groups is 1. The molecule has 0 aliphatic rings. The van der Waals surface area contributed by atoms with Crippen LogP contribution < -0.4 is 10.2 Å². The predicted octanol–water partition coefficient (Wildman–Crippen LogP) is 1.96. The molecular weight excluding hydrogens is 252 g/mol. The summed E-state index contributed by atoms with van der Waals surface area (Å²) in [5, 5.41) is 12.2. The van der Waals surface area contributed by atoms with E-state index in [0.29, 0.717) is 19.3 Å². The Morgan fingerprint density at radius 2 is 1.90 bits per heavy atom. The highest BCUT2D eigenvalue weighted by molar-refractivity contribution is 5.77. The number of hydrogen-bond donors (Lipinski definition) is 2. The average molecular weight is 278 g/mol. The summed E-state index contributed by atoms with van der Waals surface area (Å²) in [5.74, 6) is -0.0138. The SMILES string of the molecule is CCC(C)(CO)NC(=O)CCc1ccc(N(C)C)cc1. The average Bonchev–Trinajstić information content (AvgIpc) is 2.45. The Labute approximate surface area is 121 Å². The normalized spacial score (nSPS) is 13.7. The van der Waals surface area contributed by atoms with E-state index >= 15 is 0 Å². The first-order valence-corrected chi connectivity index (χ1v) is 7.08. The van der Waals surface area contributed by atoms with Crippen LogP contribution >= 0.6 is 0 Å². The Bertz CT molecular complexity index is 423. The molecule has 1 aromatic carbocycles. The number of hydrogen-bond acceptors (Lipinski definition) is 3. The first-order valence-electron chi connectivity index (χ1n) is 7.08. The maximum Gasteiger partial charge on any atom is 0.220 e. The fraction of sp³-hybridized carbons (Fsp3) is 0.562. The molecule has 0 saturated carbocycles. The number of aryl methyl sites for hydroxylation is 1. The van der Waals surface area contributed by atoms with Crippen molar-refractivity contribution in [1.29, 1.82) is 0 Å². The summed E-state index contributed by atoms with van der Waals surface area (Å²) in [6, 6.07) is 8.20. The summed E-state index contributed by atoms with van der Waals surface area (Å²) < 4.78 is 0. The van der Waals surface area contributed by atoms with E-state index in [4.69, 9.17) is 0 Å². The molecule has 0 radical (unpaired) electrons. The van der Waals surface area contributed by atoms with Crippen molar-refractivity contribution in [1.82, 2.24) is 5.32 Å².